The van der Waals surface area contributed by atoms with Gasteiger partial charge in [0.1, 0.15) is 29.4 Å². The largest absolute Gasteiger partial charge is 0.488 e. The average Bonchev–Trinajstić information content (AvgIpc) is 3.45. The number of fused-ring (bicyclic) bond motifs is 1. The van der Waals surface area contributed by atoms with Gasteiger partial charge in [-0.1, -0.05) is 12.1 Å². The van der Waals surface area contributed by atoms with Crippen LogP contribution in [-0.2, 0) is 13.6 Å². The van der Waals surface area contributed by atoms with E-state index in [1.54, 1.807) is 52.9 Å². The summed E-state index contributed by atoms with van der Waals surface area (Å²) in [5.74, 6) is -7.56. The average molecular weight is 712 g/mol. The van der Waals surface area contributed by atoms with Gasteiger partial charge >= 0.3 is 0 Å². The van der Waals surface area contributed by atoms with Crippen molar-refractivity contribution >= 4 is 28.4 Å². The van der Waals surface area contributed by atoms with Crippen LogP contribution in [0.4, 0.5) is 32.0 Å². The molecule has 1 aliphatic rings. The molecule has 0 atom stereocenters. The molecule has 2 aromatic heterocycles. The molecule has 0 unspecified atom stereocenters. The SMILES string of the molecule is Cc1c(F)c(F)c(C(=O)Nc2ccc(Oc3ccc4cc(C(=O)N5CCN(Cc6ccc(OCC(F)F)cc6)CC5)n(C)c4c3)nc2)c(F)c1F. The summed E-state index contributed by atoms with van der Waals surface area (Å²) >= 11 is 0. The molecule has 1 saturated heterocycles. The first kappa shape index (κ1) is 35.3. The Bertz CT molecular complexity index is 2050. The lowest BCUT2D eigenvalue weighted by Gasteiger charge is -2.34. The van der Waals surface area contributed by atoms with E-state index >= 15 is 0 Å². The molecule has 2 amide bonds. The number of aryl methyl sites for hydroxylation is 1. The van der Waals surface area contributed by atoms with E-state index in [4.69, 9.17) is 9.47 Å². The number of benzene rings is 3. The van der Waals surface area contributed by atoms with Crippen molar-refractivity contribution in [3.05, 3.63) is 113 Å². The third kappa shape index (κ3) is 7.62. The highest BCUT2D eigenvalue weighted by Crippen LogP contribution is 2.29. The maximum Gasteiger partial charge on any atom is 0.272 e. The summed E-state index contributed by atoms with van der Waals surface area (Å²) in [6.07, 6.45) is -1.39. The number of carbonyl (C=O) groups excluding carboxylic acids is 2. The van der Waals surface area contributed by atoms with Gasteiger partial charge in [-0.25, -0.2) is 31.3 Å². The van der Waals surface area contributed by atoms with Gasteiger partial charge in [0.2, 0.25) is 5.88 Å². The van der Waals surface area contributed by atoms with Crippen molar-refractivity contribution in [1.82, 2.24) is 19.4 Å². The number of amides is 2. The fourth-order valence-electron chi connectivity index (χ4n) is 5.73. The molecule has 266 valence electrons. The van der Waals surface area contributed by atoms with Gasteiger partial charge < -0.3 is 24.3 Å². The lowest BCUT2D eigenvalue weighted by Crippen LogP contribution is -2.48. The van der Waals surface area contributed by atoms with Crippen molar-refractivity contribution in [2.75, 3.05) is 38.1 Å². The smallest absolute Gasteiger partial charge is 0.272 e. The van der Waals surface area contributed by atoms with Gasteiger partial charge in [0.25, 0.3) is 18.2 Å². The maximum atomic E-state index is 14.2. The van der Waals surface area contributed by atoms with E-state index < -0.39 is 53.3 Å². The second kappa shape index (κ2) is 14.7. The Hall–Kier alpha value is -5.57. The van der Waals surface area contributed by atoms with Crippen LogP contribution in [0.1, 0.15) is 32.0 Å². The van der Waals surface area contributed by atoms with E-state index in [0.29, 0.717) is 49.9 Å². The molecule has 15 heteroatoms. The Morgan fingerprint density at radius 3 is 2.16 bits per heavy atom. The van der Waals surface area contributed by atoms with Crippen LogP contribution < -0.4 is 14.8 Å². The third-order valence-corrected chi connectivity index (χ3v) is 8.53. The molecular weight excluding hydrogens is 680 g/mol. The van der Waals surface area contributed by atoms with Crippen molar-refractivity contribution in [3.8, 4) is 17.4 Å². The molecule has 0 spiro atoms. The number of halogens is 6. The van der Waals surface area contributed by atoms with E-state index in [1.165, 1.54) is 12.1 Å². The summed E-state index contributed by atoms with van der Waals surface area (Å²) in [6.45, 7) is 3.21. The van der Waals surface area contributed by atoms with Crippen molar-refractivity contribution < 1.29 is 45.4 Å². The highest BCUT2D eigenvalue weighted by Gasteiger charge is 2.28. The number of rotatable bonds is 10. The number of alkyl halides is 2. The maximum absolute atomic E-state index is 14.2. The molecule has 5 aromatic rings. The predicted molar refractivity (Wildman–Crippen MR) is 175 cm³/mol. The van der Waals surface area contributed by atoms with Crippen LogP contribution in [0.25, 0.3) is 10.9 Å². The van der Waals surface area contributed by atoms with E-state index in [-0.39, 0.29) is 17.5 Å². The number of ether oxygens (including phenoxy) is 2. The zero-order chi connectivity index (χ0) is 36.4. The van der Waals surface area contributed by atoms with Crippen LogP contribution in [0, 0.1) is 30.2 Å². The van der Waals surface area contributed by atoms with Crippen molar-refractivity contribution in [1.29, 1.82) is 0 Å². The number of hydrogen-bond acceptors (Lipinski definition) is 6. The lowest BCUT2D eigenvalue weighted by atomic mass is 10.1. The second-order valence-corrected chi connectivity index (χ2v) is 11.9. The molecule has 9 nitrogen and oxygen atoms in total. The van der Waals surface area contributed by atoms with Gasteiger partial charge in [0, 0.05) is 62.9 Å². The minimum atomic E-state index is -2.54. The quantitative estimate of drug-likeness (QED) is 0.123. The summed E-state index contributed by atoms with van der Waals surface area (Å²) in [5.41, 5.74) is -0.0590. The van der Waals surface area contributed by atoms with Gasteiger partial charge in [0.15, 0.2) is 23.3 Å². The summed E-state index contributed by atoms with van der Waals surface area (Å²) in [7, 11) is 1.78. The van der Waals surface area contributed by atoms with Crippen LogP contribution in [0.5, 0.6) is 17.4 Å². The molecule has 3 aromatic carbocycles. The molecular formula is C36H31F6N5O4. The number of pyridine rings is 1. The van der Waals surface area contributed by atoms with Crippen LogP contribution in [0.15, 0.2) is 66.9 Å². The van der Waals surface area contributed by atoms with Crippen molar-refractivity contribution in [2.24, 2.45) is 7.05 Å². The summed E-state index contributed by atoms with van der Waals surface area (Å²) in [6, 6.07) is 16.7. The fourth-order valence-corrected chi connectivity index (χ4v) is 5.73. The van der Waals surface area contributed by atoms with E-state index in [1.807, 2.05) is 12.1 Å². The Labute approximate surface area is 288 Å². The number of nitrogens with one attached hydrogen (secondary N) is 1. The number of hydrogen-bond donors (Lipinski definition) is 1. The molecule has 1 fully saturated rings. The molecule has 0 saturated carbocycles. The van der Waals surface area contributed by atoms with Gasteiger partial charge in [-0.15, -0.1) is 0 Å². The monoisotopic (exact) mass is 711 g/mol. The summed E-state index contributed by atoms with van der Waals surface area (Å²) in [4.78, 5) is 34.1. The normalized spacial score (nSPS) is 13.5. The van der Waals surface area contributed by atoms with Crippen molar-refractivity contribution in [3.63, 3.8) is 0 Å². The van der Waals surface area contributed by atoms with E-state index in [2.05, 4.69) is 15.2 Å². The summed E-state index contributed by atoms with van der Waals surface area (Å²) < 4.78 is 93.8. The Balaban J connectivity index is 1.05. The van der Waals surface area contributed by atoms with Gasteiger partial charge in [-0.3, -0.25) is 14.5 Å². The fraction of sp³-hybridized carbons (Fsp3) is 0.250. The van der Waals surface area contributed by atoms with Gasteiger partial charge in [-0.2, -0.15) is 0 Å². The third-order valence-electron chi connectivity index (χ3n) is 8.53. The number of nitrogens with zero attached hydrogens (tertiary/aromatic N) is 4. The number of anilines is 1. The molecule has 3 heterocycles. The standard InChI is InChI=1S/C36H31F6N5O4/c1-20-31(39)33(41)30(34(42)32(20)40)35(48)44-23-6-10-29(43-17-23)51-25-9-5-22-15-27(45(2)26(22)16-25)36(49)47-13-11-46(12-14-47)18-21-3-7-24(8-4-21)50-19-28(37)38/h3-10,15-17,28H,11-14,18-19H2,1-2H3,(H,44,48). The van der Waals surface area contributed by atoms with Gasteiger partial charge in [0.05, 0.1) is 17.4 Å². The minimum absolute atomic E-state index is 0.0109. The van der Waals surface area contributed by atoms with Crippen LogP contribution in [-0.4, -0.2) is 70.4 Å². The van der Waals surface area contributed by atoms with Crippen molar-refractivity contribution in [2.45, 2.75) is 19.9 Å². The molecule has 1 aliphatic heterocycles. The predicted octanol–water partition coefficient (Wildman–Crippen LogP) is 7.08. The topological polar surface area (TPSA) is 88.9 Å². The number of aromatic nitrogens is 2. The minimum Gasteiger partial charge on any atom is -0.488 e. The Morgan fingerprint density at radius 1 is 0.863 bits per heavy atom. The van der Waals surface area contributed by atoms with Crippen LogP contribution >= 0.6 is 0 Å². The number of piperazine rings is 1. The highest BCUT2D eigenvalue weighted by molar-refractivity contribution is 6.04. The first-order valence-electron chi connectivity index (χ1n) is 15.8. The second-order valence-electron chi connectivity index (χ2n) is 11.9. The molecule has 0 radical (unpaired) electrons. The van der Waals surface area contributed by atoms with E-state index in [9.17, 15) is 35.9 Å². The lowest BCUT2D eigenvalue weighted by molar-refractivity contribution is 0.0619. The van der Waals surface area contributed by atoms with E-state index in [0.717, 1.165) is 29.6 Å². The Kier molecular flexibility index (Phi) is 10.2. The zero-order valence-electron chi connectivity index (χ0n) is 27.4. The Morgan fingerprint density at radius 2 is 1.53 bits per heavy atom. The number of carbonyl (C=O) groups is 2. The first-order chi connectivity index (χ1) is 24.4. The molecule has 0 bridgehead atoms. The van der Waals surface area contributed by atoms with Gasteiger partial charge in [-0.05, 0) is 48.9 Å². The zero-order valence-corrected chi connectivity index (χ0v) is 27.4. The molecule has 51 heavy (non-hydrogen) atoms. The first-order valence-corrected chi connectivity index (χ1v) is 15.8. The molecule has 0 aliphatic carbocycles. The molecule has 6 rings (SSSR count). The molecule has 1 N–H and O–H groups in total. The highest BCUT2D eigenvalue weighted by atomic mass is 19.3. The van der Waals surface area contributed by atoms with Crippen LogP contribution in [0.3, 0.4) is 0 Å². The summed E-state index contributed by atoms with van der Waals surface area (Å²) in [5, 5.41) is 2.97. The van der Waals surface area contributed by atoms with Crippen LogP contribution in [0.2, 0.25) is 0 Å².